The average Bonchev–Trinajstić information content (AvgIpc) is 2.84. The summed E-state index contributed by atoms with van der Waals surface area (Å²) >= 11 is 6.60. The van der Waals surface area contributed by atoms with Crippen molar-refractivity contribution < 1.29 is 14.0 Å². The van der Waals surface area contributed by atoms with Gasteiger partial charge in [0.1, 0.15) is 5.82 Å². The number of amides is 1. The minimum absolute atomic E-state index is 0.0129. The van der Waals surface area contributed by atoms with Gasteiger partial charge in [-0.2, -0.15) is 0 Å². The number of hydrogen-bond donors (Lipinski definition) is 2. The number of anilines is 1. The Morgan fingerprint density at radius 2 is 1.74 bits per heavy atom. The molecule has 0 bridgehead atoms. The molecule has 0 fully saturated rings. The van der Waals surface area contributed by atoms with Crippen molar-refractivity contribution in [2.24, 2.45) is 0 Å². The second kappa shape index (κ2) is 9.51. The van der Waals surface area contributed by atoms with E-state index in [-0.39, 0.29) is 11.7 Å². The van der Waals surface area contributed by atoms with Crippen LogP contribution in [0.3, 0.4) is 0 Å². The highest BCUT2D eigenvalue weighted by Gasteiger charge is 2.41. The Morgan fingerprint density at radius 1 is 1.00 bits per heavy atom. The standard InChI is InChI=1S/C29H24ClFN2O2/c1-17-26(29(35)33-21-11-7-10-20(31)16-21)27(22-12-5-6-13-23(22)30)28-24(32-17)14-19(15-25(28)34)18-8-3-2-4-9-18/h2-13,16,19,27,32H,14-15H2,1H3,(H,33,35)/t19-,27-/m1/s1. The molecule has 3 aromatic rings. The number of carbonyl (C=O) groups excluding carboxylic acids is 2. The number of nitrogens with one attached hydrogen (secondary N) is 2. The molecule has 1 aliphatic heterocycles. The second-order valence-corrected chi connectivity index (χ2v) is 9.32. The van der Waals surface area contributed by atoms with E-state index in [9.17, 15) is 14.0 Å². The molecule has 0 spiro atoms. The molecule has 35 heavy (non-hydrogen) atoms. The van der Waals surface area contributed by atoms with Gasteiger partial charge in [0, 0.05) is 45.6 Å². The molecule has 5 rings (SSSR count). The highest BCUT2D eigenvalue weighted by Crippen LogP contribution is 2.47. The number of ketones is 1. The van der Waals surface area contributed by atoms with Crippen molar-refractivity contribution in [2.45, 2.75) is 31.6 Å². The summed E-state index contributed by atoms with van der Waals surface area (Å²) in [5, 5.41) is 6.63. The average molecular weight is 487 g/mol. The van der Waals surface area contributed by atoms with Gasteiger partial charge in [-0.05, 0) is 54.7 Å². The quantitative estimate of drug-likeness (QED) is 0.443. The lowest BCUT2D eigenvalue weighted by Gasteiger charge is -2.37. The minimum atomic E-state index is -0.627. The van der Waals surface area contributed by atoms with Gasteiger partial charge in [-0.25, -0.2) is 4.39 Å². The fourth-order valence-corrected chi connectivity index (χ4v) is 5.33. The number of carbonyl (C=O) groups is 2. The molecule has 4 nitrogen and oxygen atoms in total. The van der Waals surface area contributed by atoms with Crippen molar-refractivity contribution in [3.05, 3.63) is 123 Å². The largest absolute Gasteiger partial charge is 0.362 e. The Hall–Kier alpha value is -3.70. The molecular weight excluding hydrogens is 463 g/mol. The predicted molar refractivity (Wildman–Crippen MR) is 136 cm³/mol. The van der Waals surface area contributed by atoms with Crippen LogP contribution in [0.5, 0.6) is 0 Å². The van der Waals surface area contributed by atoms with Crippen LogP contribution in [0.2, 0.25) is 5.02 Å². The molecule has 6 heteroatoms. The van der Waals surface area contributed by atoms with E-state index >= 15 is 0 Å². The number of rotatable bonds is 4. The zero-order valence-corrected chi connectivity index (χ0v) is 19.9. The predicted octanol–water partition coefficient (Wildman–Crippen LogP) is 6.48. The summed E-state index contributed by atoms with van der Waals surface area (Å²) in [5.41, 5.74) is 4.57. The van der Waals surface area contributed by atoms with E-state index in [0.29, 0.717) is 46.0 Å². The Balaban J connectivity index is 1.58. The van der Waals surface area contributed by atoms with Crippen molar-refractivity contribution in [3.63, 3.8) is 0 Å². The summed E-state index contributed by atoms with van der Waals surface area (Å²) < 4.78 is 13.7. The van der Waals surface area contributed by atoms with Crippen LogP contribution in [0.1, 0.15) is 42.7 Å². The summed E-state index contributed by atoms with van der Waals surface area (Å²) in [6.45, 7) is 1.82. The van der Waals surface area contributed by atoms with E-state index in [4.69, 9.17) is 11.6 Å². The molecule has 1 aliphatic carbocycles. The minimum Gasteiger partial charge on any atom is -0.362 e. The first-order chi connectivity index (χ1) is 16.9. The molecule has 1 amide bonds. The van der Waals surface area contributed by atoms with Gasteiger partial charge in [0.15, 0.2) is 5.78 Å². The third kappa shape index (κ3) is 4.52. The van der Waals surface area contributed by atoms with Gasteiger partial charge in [0.05, 0.1) is 0 Å². The van der Waals surface area contributed by atoms with Crippen LogP contribution >= 0.6 is 11.6 Å². The molecule has 2 N–H and O–H groups in total. The summed E-state index contributed by atoms with van der Waals surface area (Å²) in [7, 11) is 0. The molecule has 2 aliphatic rings. The summed E-state index contributed by atoms with van der Waals surface area (Å²) in [6.07, 6.45) is 1.01. The van der Waals surface area contributed by atoms with Crippen molar-refractivity contribution in [1.29, 1.82) is 0 Å². The lowest BCUT2D eigenvalue weighted by molar-refractivity contribution is -0.116. The van der Waals surface area contributed by atoms with Crippen molar-refractivity contribution >= 4 is 29.0 Å². The highest BCUT2D eigenvalue weighted by molar-refractivity contribution is 6.31. The van der Waals surface area contributed by atoms with Crippen LogP contribution in [-0.4, -0.2) is 11.7 Å². The molecule has 3 aromatic carbocycles. The van der Waals surface area contributed by atoms with Crippen LogP contribution in [0.4, 0.5) is 10.1 Å². The van der Waals surface area contributed by atoms with Gasteiger partial charge in [-0.1, -0.05) is 66.2 Å². The summed E-state index contributed by atoms with van der Waals surface area (Å²) in [5.74, 6) is -1.44. The fraction of sp³-hybridized carbons (Fsp3) is 0.172. The molecular formula is C29H24ClFN2O2. The van der Waals surface area contributed by atoms with E-state index in [1.54, 1.807) is 12.1 Å². The Bertz CT molecular complexity index is 1380. The molecule has 0 aromatic heterocycles. The topological polar surface area (TPSA) is 58.2 Å². The molecule has 2 atom stereocenters. The lowest BCUT2D eigenvalue weighted by Crippen LogP contribution is -2.37. The van der Waals surface area contributed by atoms with Crippen molar-refractivity contribution in [3.8, 4) is 0 Å². The number of Topliss-reactive ketones (excluding diaryl/α,β-unsaturated/α-hetero) is 1. The smallest absolute Gasteiger partial charge is 0.254 e. The summed E-state index contributed by atoms with van der Waals surface area (Å²) in [6, 6.07) is 23.0. The van der Waals surface area contributed by atoms with Crippen LogP contribution in [0, 0.1) is 5.82 Å². The van der Waals surface area contributed by atoms with Gasteiger partial charge in [0.2, 0.25) is 0 Å². The highest BCUT2D eigenvalue weighted by atomic mass is 35.5. The first-order valence-corrected chi connectivity index (χ1v) is 11.9. The van der Waals surface area contributed by atoms with Crippen LogP contribution < -0.4 is 10.6 Å². The van der Waals surface area contributed by atoms with E-state index in [2.05, 4.69) is 10.6 Å². The zero-order chi connectivity index (χ0) is 24.5. The number of hydrogen-bond acceptors (Lipinski definition) is 3. The molecule has 176 valence electrons. The van der Waals surface area contributed by atoms with Crippen molar-refractivity contribution in [1.82, 2.24) is 5.32 Å². The van der Waals surface area contributed by atoms with Crippen LogP contribution in [0.15, 0.2) is 101 Å². The SMILES string of the molecule is CC1=C(C(=O)Nc2cccc(F)c2)[C@@H](c2ccccc2Cl)C2=C(C[C@@H](c3ccccc3)CC2=O)N1. The normalized spacial score (nSPS) is 19.8. The summed E-state index contributed by atoms with van der Waals surface area (Å²) in [4.78, 5) is 27.2. The van der Waals surface area contributed by atoms with Gasteiger partial charge < -0.3 is 10.6 Å². The molecule has 1 heterocycles. The Kier molecular flexibility index (Phi) is 6.27. The Labute approximate surface area is 208 Å². The van der Waals surface area contributed by atoms with Gasteiger partial charge in [-0.15, -0.1) is 0 Å². The zero-order valence-electron chi connectivity index (χ0n) is 19.1. The van der Waals surface area contributed by atoms with Gasteiger partial charge >= 0.3 is 0 Å². The lowest BCUT2D eigenvalue weighted by atomic mass is 9.71. The van der Waals surface area contributed by atoms with Crippen molar-refractivity contribution in [2.75, 3.05) is 5.32 Å². The number of benzene rings is 3. The van der Waals surface area contributed by atoms with E-state index in [1.807, 2.05) is 55.5 Å². The number of allylic oxidation sites excluding steroid dienone is 3. The molecule has 0 saturated heterocycles. The van der Waals surface area contributed by atoms with E-state index in [1.165, 1.54) is 18.2 Å². The van der Waals surface area contributed by atoms with Crippen LogP contribution in [0.25, 0.3) is 0 Å². The van der Waals surface area contributed by atoms with E-state index < -0.39 is 17.6 Å². The van der Waals surface area contributed by atoms with Gasteiger partial charge in [0.25, 0.3) is 5.91 Å². The monoisotopic (exact) mass is 486 g/mol. The van der Waals surface area contributed by atoms with E-state index in [0.717, 1.165) is 11.3 Å². The van der Waals surface area contributed by atoms with Crippen LogP contribution in [-0.2, 0) is 9.59 Å². The maximum Gasteiger partial charge on any atom is 0.254 e. The number of dihydropyridines is 1. The fourth-order valence-electron chi connectivity index (χ4n) is 5.09. The second-order valence-electron chi connectivity index (χ2n) is 8.91. The molecule has 0 unspecified atom stereocenters. The maximum absolute atomic E-state index is 13.7. The third-order valence-corrected chi connectivity index (χ3v) is 6.99. The van der Waals surface area contributed by atoms with Gasteiger partial charge in [-0.3, -0.25) is 9.59 Å². The molecule has 0 saturated carbocycles. The number of halogens is 2. The first-order valence-electron chi connectivity index (χ1n) is 11.5. The maximum atomic E-state index is 13.7. The Morgan fingerprint density at radius 3 is 2.49 bits per heavy atom. The first kappa shape index (κ1) is 23.1. The third-order valence-electron chi connectivity index (χ3n) is 6.64. The molecule has 0 radical (unpaired) electrons.